The molecule has 2 atom stereocenters. The summed E-state index contributed by atoms with van der Waals surface area (Å²) in [5.74, 6) is -1.62. The highest BCUT2D eigenvalue weighted by Gasteiger charge is 2.42. The number of benzene rings is 1. The third kappa shape index (κ3) is 6.10. The molecule has 0 unspecified atom stereocenters. The van der Waals surface area contributed by atoms with Crippen LogP contribution in [-0.2, 0) is 26.0 Å². The number of Topliss-reactive ketones (excluding diaryl/α,β-unsaturated/α-hetero) is 1. The number of carbonyl (C=O) groups is 3. The number of nitrogens with two attached hydrogens (primary N) is 1. The van der Waals surface area contributed by atoms with Crippen molar-refractivity contribution in [1.82, 2.24) is 10.2 Å². The van der Waals surface area contributed by atoms with Crippen LogP contribution < -0.4 is 10.5 Å². The zero-order valence-electron chi connectivity index (χ0n) is 18.2. The Morgan fingerprint density at radius 2 is 1.88 bits per heavy atom. The molecule has 184 valence electrons. The number of hydrogen-bond acceptors (Lipinski definition) is 6. The first kappa shape index (κ1) is 26.9. The number of nitrogens with zero attached hydrogens (tertiary/aromatic N) is 1. The zero-order valence-corrected chi connectivity index (χ0v) is 22.1. The molecule has 2 heterocycles. The summed E-state index contributed by atoms with van der Waals surface area (Å²) in [6.07, 6.45) is 0.171. The maximum atomic E-state index is 13.3. The monoisotopic (exact) mass is 565 g/mol. The van der Waals surface area contributed by atoms with Crippen molar-refractivity contribution < 1.29 is 22.8 Å². The fourth-order valence-corrected chi connectivity index (χ4v) is 6.55. The molecule has 1 aromatic heterocycles. The Morgan fingerprint density at radius 3 is 2.47 bits per heavy atom. The van der Waals surface area contributed by atoms with E-state index in [0.29, 0.717) is 26.9 Å². The molecule has 1 aliphatic heterocycles. The number of rotatable bonds is 7. The number of halogens is 3. The van der Waals surface area contributed by atoms with Crippen molar-refractivity contribution >= 4 is 73.8 Å². The number of likely N-dealkylation sites (tertiary alicyclic amines) is 1. The van der Waals surface area contributed by atoms with Crippen LogP contribution in [0.5, 0.6) is 0 Å². The highest BCUT2D eigenvalue weighted by Crippen LogP contribution is 2.33. The summed E-state index contributed by atoms with van der Waals surface area (Å²) >= 11 is 18.7. The van der Waals surface area contributed by atoms with Crippen molar-refractivity contribution in [3.8, 4) is 0 Å². The number of ketones is 1. The average molecular weight is 567 g/mol. The molecule has 0 bridgehead atoms. The smallest absolute Gasteiger partial charge is 0.256 e. The number of sulfonamides is 1. The van der Waals surface area contributed by atoms with Crippen molar-refractivity contribution in [3.05, 3.63) is 49.8 Å². The minimum atomic E-state index is -4.21. The van der Waals surface area contributed by atoms with Gasteiger partial charge >= 0.3 is 0 Å². The molecule has 3 N–H and O–H groups in total. The van der Waals surface area contributed by atoms with Crippen molar-refractivity contribution in [2.75, 3.05) is 6.54 Å². The van der Waals surface area contributed by atoms with Gasteiger partial charge in [-0.3, -0.25) is 14.4 Å². The Balaban J connectivity index is 1.83. The molecule has 3 rings (SSSR count). The van der Waals surface area contributed by atoms with Crippen LogP contribution in [-0.4, -0.2) is 49.5 Å². The van der Waals surface area contributed by atoms with Gasteiger partial charge in [-0.15, -0.1) is 11.3 Å². The van der Waals surface area contributed by atoms with Crippen LogP contribution >= 0.6 is 46.1 Å². The molecule has 0 spiro atoms. The molecule has 1 saturated heterocycles. The molecule has 1 fully saturated rings. The second-order valence-electron chi connectivity index (χ2n) is 8.24. The van der Waals surface area contributed by atoms with Gasteiger partial charge in [0.05, 0.1) is 22.4 Å². The predicted octanol–water partition coefficient (Wildman–Crippen LogP) is 3.52. The first-order valence-electron chi connectivity index (χ1n) is 10.2. The van der Waals surface area contributed by atoms with E-state index >= 15 is 0 Å². The zero-order chi connectivity index (χ0) is 25.4. The average Bonchev–Trinajstić information content (AvgIpc) is 3.32. The van der Waals surface area contributed by atoms with Gasteiger partial charge < -0.3 is 10.2 Å². The number of amides is 2. The van der Waals surface area contributed by atoms with Crippen molar-refractivity contribution in [1.29, 1.82) is 0 Å². The Hall–Kier alpha value is -1.69. The van der Waals surface area contributed by atoms with Crippen LogP contribution in [0.1, 0.15) is 36.2 Å². The van der Waals surface area contributed by atoms with Crippen molar-refractivity contribution in [2.45, 2.75) is 43.0 Å². The van der Waals surface area contributed by atoms with E-state index in [9.17, 15) is 22.8 Å². The molecular weight excluding hydrogens is 545 g/mol. The minimum Gasteiger partial charge on any atom is -0.351 e. The largest absolute Gasteiger partial charge is 0.351 e. The lowest BCUT2D eigenvalue weighted by Crippen LogP contribution is -2.43. The fraction of sp³-hybridized carbons (Fsp3) is 0.381. The molecule has 1 aliphatic rings. The molecule has 2 aromatic rings. The summed E-state index contributed by atoms with van der Waals surface area (Å²) in [5, 5.41) is 8.88. The molecule has 0 aliphatic carbocycles. The normalized spacial score (nSPS) is 18.4. The van der Waals surface area contributed by atoms with Gasteiger partial charge in [-0.2, -0.15) is 0 Å². The highest BCUT2D eigenvalue weighted by molar-refractivity contribution is 7.91. The molecule has 34 heavy (non-hydrogen) atoms. The summed E-state index contributed by atoms with van der Waals surface area (Å²) in [5.41, 5.74) is 0.383. The van der Waals surface area contributed by atoms with E-state index in [4.69, 9.17) is 39.9 Å². The summed E-state index contributed by atoms with van der Waals surface area (Å²) in [4.78, 5) is 40.1. The third-order valence-corrected chi connectivity index (χ3v) is 8.68. The third-order valence-electron chi connectivity index (χ3n) is 5.35. The van der Waals surface area contributed by atoms with Gasteiger partial charge in [0.1, 0.15) is 4.21 Å². The number of hydrogen-bond donors (Lipinski definition) is 2. The topological polar surface area (TPSA) is 127 Å². The molecule has 13 heteroatoms. The van der Waals surface area contributed by atoms with Gasteiger partial charge in [0, 0.05) is 28.5 Å². The van der Waals surface area contributed by atoms with E-state index in [1.807, 2.05) is 0 Å². The Morgan fingerprint density at radius 1 is 1.21 bits per heavy atom. The number of thiophene rings is 1. The van der Waals surface area contributed by atoms with E-state index in [0.717, 1.165) is 0 Å². The van der Waals surface area contributed by atoms with Crippen LogP contribution in [0.25, 0.3) is 0 Å². The van der Waals surface area contributed by atoms with Gasteiger partial charge in [-0.1, -0.05) is 54.7 Å². The second kappa shape index (κ2) is 10.5. The molecule has 8 nitrogen and oxygen atoms in total. The first-order chi connectivity index (χ1) is 15.8. The van der Waals surface area contributed by atoms with Crippen LogP contribution in [0.15, 0.2) is 28.5 Å². The van der Waals surface area contributed by atoms with Gasteiger partial charge in [0.15, 0.2) is 5.78 Å². The fourth-order valence-electron chi connectivity index (χ4n) is 3.80. The standard InChI is InChI=1S/C21H22Cl3N3O5S2/c1-10(2)19(29)16-7-13(26-18(28)5-11-3-4-12(22)6-15(11)23)9-27(16)20(30)14-8-17(24)33-21(14)34(25,31)32/h3-4,6,8,10,13,16H,5,7,9H2,1-2H3,(H,26,28)(H2,25,31,32)/t13-,16-/m1/s1. The van der Waals surface area contributed by atoms with Crippen LogP contribution in [0.2, 0.25) is 14.4 Å². The maximum Gasteiger partial charge on any atom is 0.256 e. The van der Waals surface area contributed by atoms with Crippen LogP contribution in [0.4, 0.5) is 0 Å². The van der Waals surface area contributed by atoms with E-state index in [-0.39, 0.29) is 51.1 Å². The summed E-state index contributed by atoms with van der Waals surface area (Å²) in [7, 11) is -4.21. The second-order valence-corrected chi connectivity index (χ2v) is 12.5. The summed E-state index contributed by atoms with van der Waals surface area (Å²) < 4.78 is 23.6. The Bertz CT molecular complexity index is 1250. The SMILES string of the molecule is CC(C)C(=O)[C@H]1C[C@@H](NC(=O)Cc2ccc(Cl)cc2Cl)CN1C(=O)c1cc(Cl)sc1S(N)(=O)=O. The molecule has 2 amide bonds. The van der Waals surface area contributed by atoms with Gasteiger partial charge in [-0.25, -0.2) is 13.6 Å². The van der Waals surface area contributed by atoms with Crippen molar-refractivity contribution in [2.24, 2.45) is 11.1 Å². The Labute approximate surface area is 216 Å². The molecule has 0 saturated carbocycles. The van der Waals surface area contributed by atoms with E-state index in [1.54, 1.807) is 26.0 Å². The minimum absolute atomic E-state index is 0.0135. The molecular formula is C21H22Cl3N3O5S2. The first-order valence-corrected chi connectivity index (χ1v) is 13.7. The van der Waals surface area contributed by atoms with Crippen molar-refractivity contribution in [3.63, 3.8) is 0 Å². The van der Waals surface area contributed by atoms with E-state index in [2.05, 4.69) is 5.32 Å². The van der Waals surface area contributed by atoms with E-state index in [1.165, 1.54) is 17.0 Å². The predicted molar refractivity (Wildman–Crippen MR) is 132 cm³/mol. The van der Waals surface area contributed by atoms with Gasteiger partial charge in [0.25, 0.3) is 5.91 Å². The van der Waals surface area contributed by atoms with Crippen LogP contribution in [0.3, 0.4) is 0 Å². The van der Waals surface area contributed by atoms with E-state index < -0.39 is 28.0 Å². The Kier molecular flexibility index (Phi) is 8.32. The lowest BCUT2D eigenvalue weighted by molar-refractivity contribution is -0.126. The molecule has 1 aromatic carbocycles. The van der Waals surface area contributed by atoms with Gasteiger partial charge in [-0.05, 0) is 30.2 Å². The number of carbonyl (C=O) groups excluding carboxylic acids is 3. The summed E-state index contributed by atoms with van der Waals surface area (Å²) in [6.45, 7) is 3.42. The quantitative estimate of drug-likeness (QED) is 0.530. The lowest BCUT2D eigenvalue weighted by atomic mass is 9.98. The summed E-state index contributed by atoms with van der Waals surface area (Å²) in [6, 6.07) is 4.66. The lowest BCUT2D eigenvalue weighted by Gasteiger charge is -2.24. The van der Waals surface area contributed by atoms with Gasteiger partial charge in [0.2, 0.25) is 15.9 Å². The number of primary sulfonamides is 1. The number of nitrogens with one attached hydrogen (secondary N) is 1. The highest BCUT2D eigenvalue weighted by atomic mass is 35.5. The van der Waals surface area contributed by atoms with Crippen LogP contribution in [0, 0.1) is 5.92 Å². The molecule has 0 radical (unpaired) electrons. The maximum absolute atomic E-state index is 13.3.